The first-order valence-corrected chi connectivity index (χ1v) is 9.35. The number of carbonyl (C=O) groups is 2. The molecule has 138 valence electrons. The number of nitrogens with one attached hydrogen (secondary N) is 1. The molecule has 0 saturated carbocycles. The molecule has 0 atom stereocenters. The number of aromatic nitrogens is 1. The van der Waals surface area contributed by atoms with Gasteiger partial charge in [-0.25, -0.2) is 4.98 Å². The van der Waals surface area contributed by atoms with Crippen molar-refractivity contribution >= 4 is 34.0 Å². The number of thiazole rings is 1. The lowest BCUT2D eigenvalue weighted by atomic mass is 10.1. The van der Waals surface area contributed by atoms with Gasteiger partial charge in [-0.2, -0.15) is 0 Å². The molecule has 1 aliphatic heterocycles. The van der Waals surface area contributed by atoms with Crippen LogP contribution in [0.4, 0.5) is 10.8 Å². The molecule has 1 aromatic carbocycles. The first-order chi connectivity index (χ1) is 12.4. The van der Waals surface area contributed by atoms with Crippen LogP contribution in [-0.4, -0.2) is 52.8 Å². The molecule has 7 nitrogen and oxygen atoms in total. The predicted molar refractivity (Wildman–Crippen MR) is 103 cm³/mol. The highest BCUT2D eigenvalue weighted by atomic mass is 32.1. The van der Waals surface area contributed by atoms with E-state index in [0.717, 1.165) is 25.3 Å². The molecule has 3 N–H and O–H groups in total. The van der Waals surface area contributed by atoms with E-state index >= 15 is 0 Å². The second kappa shape index (κ2) is 7.84. The van der Waals surface area contributed by atoms with Crippen molar-refractivity contribution in [3.05, 3.63) is 40.4 Å². The Morgan fingerprint density at radius 2 is 2.00 bits per heavy atom. The number of rotatable bonds is 4. The summed E-state index contributed by atoms with van der Waals surface area (Å²) in [6.45, 7) is 7.23. The summed E-state index contributed by atoms with van der Waals surface area (Å²) in [5, 5.41) is 3.31. The Hall–Kier alpha value is -2.45. The Morgan fingerprint density at radius 3 is 2.62 bits per heavy atom. The van der Waals surface area contributed by atoms with Crippen LogP contribution in [0.2, 0.25) is 0 Å². The lowest BCUT2D eigenvalue weighted by molar-refractivity contribution is -0.114. The molecule has 0 aliphatic carbocycles. The zero-order valence-electron chi connectivity index (χ0n) is 15.0. The van der Waals surface area contributed by atoms with Gasteiger partial charge in [-0.05, 0) is 25.1 Å². The second-order valence-electron chi connectivity index (χ2n) is 6.39. The number of nitrogens with zero attached hydrogens (tertiary/aromatic N) is 3. The van der Waals surface area contributed by atoms with Gasteiger partial charge in [-0.3, -0.25) is 14.5 Å². The predicted octanol–water partition coefficient (Wildman–Crippen LogP) is 1.95. The molecule has 2 heterocycles. The molecule has 3 rings (SSSR count). The van der Waals surface area contributed by atoms with Gasteiger partial charge in [0.15, 0.2) is 5.13 Å². The van der Waals surface area contributed by atoms with Crippen molar-refractivity contribution in [2.75, 3.05) is 37.2 Å². The lowest BCUT2D eigenvalue weighted by Crippen LogP contribution is -2.48. The monoisotopic (exact) mass is 373 g/mol. The smallest absolute Gasteiger partial charge is 0.254 e. The molecule has 0 spiro atoms. The lowest BCUT2D eigenvalue weighted by Gasteiger charge is -2.34. The first-order valence-electron chi connectivity index (χ1n) is 8.53. The van der Waals surface area contributed by atoms with E-state index in [1.54, 1.807) is 24.3 Å². The number of piperazine rings is 1. The van der Waals surface area contributed by atoms with Crippen molar-refractivity contribution < 1.29 is 9.59 Å². The third-order valence-electron chi connectivity index (χ3n) is 4.37. The van der Waals surface area contributed by atoms with Gasteiger partial charge in [0.1, 0.15) is 0 Å². The SMILES string of the molecule is CC(=O)Nc1cccc(C(=O)N2CCN(Cc3sc(N)nc3C)CC2)c1. The van der Waals surface area contributed by atoms with E-state index in [1.165, 1.54) is 23.1 Å². The van der Waals surface area contributed by atoms with E-state index in [2.05, 4.69) is 15.2 Å². The van der Waals surface area contributed by atoms with E-state index in [9.17, 15) is 9.59 Å². The summed E-state index contributed by atoms with van der Waals surface area (Å²) in [6.07, 6.45) is 0. The summed E-state index contributed by atoms with van der Waals surface area (Å²) in [5.41, 5.74) is 7.98. The standard InChI is InChI=1S/C18H23N5O2S/c1-12-16(26-18(19)20-12)11-22-6-8-23(9-7-22)17(25)14-4-3-5-15(10-14)21-13(2)24/h3-5,10H,6-9,11H2,1-2H3,(H2,19,20)(H,21,24). The van der Waals surface area contributed by atoms with Gasteiger partial charge in [-0.1, -0.05) is 6.07 Å². The van der Waals surface area contributed by atoms with Gasteiger partial charge >= 0.3 is 0 Å². The van der Waals surface area contributed by atoms with Crippen molar-refractivity contribution in [1.29, 1.82) is 0 Å². The summed E-state index contributed by atoms with van der Waals surface area (Å²) in [5.74, 6) is -0.155. The number of amides is 2. The van der Waals surface area contributed by atoms with Crippen LogP contribution in [0.5, 0.6) is 0 Å². The number of aryl methyl sites for hydroxylation is 1. The van der Waals surface area contributed by atoms with E-state index in [1.807, 2.05) is 11.8 Å². The normalized spacial score (nSPS) is 15.1. The van der Waals surface area contributed by atoms with Crippen LogP contribution in [-0.2, 0) is 11.3 Å². The van der Waals surface area contributed by atoms with Crippen molar-refractivity contribution in [1.82, 2.24) is 14.8 Å². The average molecular weight is 373 g/mol. The van der Waals surface area contributed by atoms with Crippen LogP contribution in [0.3, 0.4) is 0 Å². The number of carbonyl (C=O) groups excluding carboxylic acids is 2. The number of hydrogen-bond acceptors (Lipinski definition) is 6. The van der Waals surface area contributed by atoms with Gasteiger partial charge in [0.2, 0.25) is 5.91 Å². The van der Waals surface area contributed by atoms with E-state index in [-0.39, 0.29) is 11.8 Å². The van der Waals surface area contributed by atoms with E-state index in [4.69, 9.17) is 5.73 Å². The number of nitrogen functional groups attached to an aromatic ring is 1. The zero-order valence-corrected chi connectivity index (χ0v) is 15.8. The third-order valence-corrected chi connectivity index (χ3v) is 5.34. The van der Waals surface area contributed by atoms with E-state index < -0.39 is 0 Å². The summed E-state index contributed by atoms with van der Waals surface area (Å²) in [4.78, 5) is 33.5. The van der Waals surface area contributed by atoms with Crippen LogP contribution in [0.25, 0.3) is 0 Å². The molecule has 1 aliphatic rings. The fraction of sp³-hybridized carbons (Fsp3) is 0.389. The van der Waals surface area contributed by atoms with Crippen LogP contribution in [0.15, 0.2) is 24.3 Å². The maximum absolute atomic E-state index is 12.7. The fourth-order valence-corrected chi connectivity index (χ4v) is 3.90. The Labute approximate surface area is 156 Å². The van der Waals surface area contributed by atoms with Gasteiger partial charge in [0, 0.05) is 55.8 Å². The summed E-state index contributed by atoms with van der Waals surface area (Å²) >= 11 is 1.53. The number of anilines is 2. The van der Waals surface area contributed by atoms with Crippen molar-refractivity contribution in [2.45, 2.75) is 20.4 Å². The minimum atomic E-state index is -0.151. The van der Waals surface area contributed by atoms with E-state index in [0.29, 0.717) is 29.5 Å². The molecule has 0 bridgehead atoms. The minimum absolute atomic E-state index is 0.00457. The second-order valence-corrected chi connectivity index (χ2v) is 7.51. The molecule has 0 radical (unpaired) electrons. The molecule has 1 aromatic heterocycles. The largest absolute Gasteiger partial charge is 0.375 e. The molecule has 2 aromatic rings. The maximum atomic E-state index is 12.7. The molecule has 8 heteroatoms. The third kappa shape index (κ3) is 4.39. The number of benzene rings is 1. The maximum Gasteiger partial charge on any atom is 0.254 e. The highest BCUT2D eigenvalue weighted by Crippen LogP contribution is 2.22. The molecule has 1 saturated heterocycles. The van der Waals surface area contributed by atoms with Crippen molar-refractivity contribution in [3.8, 4) is 0 Å². The molecule has 1 fully saturated rings. The molecule has 0 unspecified atom stereocenters. The van der Waals surface area contributed by atoms with Crippen LogP contribution in [0.1, 0.15) is 27.9 Å². The Bertz CT molecular complexity index is 812. The fourth-order valence-electron chi connectivity index (χ4n) is 3.03. The Morgan fingerprint density at radius 1 is 1.27 bits per heavy atom. The molecular weight excluding hydrogens is 350 g/mol. The van der Waals surface area contributed by atoms with Crippen LogP contribution < -0.4 is 11.1 Å². The van der Waals surface area contributed by atoms with Crippen LogP contribution >= 0.6 is 11.3 Å². The zero-order chi connectivity index (χ0) is 18.7. The highest BCUT2D eigenvalue weighted by Gasteiger charge is 2.23. The summed E-state index contributed by atoms with van der Waals surface area (Å²) in [7, 11) is 0. The molecule has 26 heavy (non-hydrogen) atoms. The van der Waals surface area contributed by atoms with Crippen molar-refractivity contribution in [3.63, 3.8) is 0 Å². The van der Waals surface area contributed by atoms with Gasteiger partial charge < -0.3 is 16.0 Å². The number of hydrogen-bond donors (Lipinski definition) is 2. The van der Waals surface area contributed by atoms with Crippen molar-refractivity contribution in [2.24, 2.45) is 0 Å². The van der Waals surface area contributed by atoms with Gasteiger partial charge in [0.05, 0.1) is 5.69 Å². The Balaban J connectivity index is 1.58. The van der Waals surface area contributed by atoms with Crippen LogP contribution in [0, 0.1) is 6.92 Å². The average Bonchev–Trinajstić information content (AvgIpc) is 2.92. The summed E-state index contributed by atoms with van der Waals surface area (Å²) in [6, 6.07) is 7.06. The minimum Gasteiger partial charge on any atom is -0.375 e. The van der Waals surface area contributed by atoms with Gasteiger partial charge in [-0.15, -0.1) is 11.3 Å². The molecule has 2 amide bonds. The quantitative estimate of drug-likeness (QED) is 0.855. The van der Waals surface area contributed by atoms with Gasteiger partial charge in [0.25, 0.3) is 5.91 Å². The highest BCUT2D eigenvalue weighted by molar-refractivity contribution is 7.15. The topological polar surface area (TPSA) is 91.6 Å². The first kappa shape index (κ1) is 18.3. The summed E-state index contributed by atoms with van der Waals surface area (Å²) < 4.78 is 0. The number of nitrogens with two attached hydrogens (primary N) is 1. The Kier molecular flexibility index (Phi) is 5.53. The molecular formula is C18H23N5O2S.